The lowest BCUT2D eigenvalue weighted by atomic mass is 10.0. The van der Waals surface area contributed by atoms with Gasteiger partial charge >= 0.3 is 5.97 Å². The van der Waals surface area contributed by atoms with Crippen molar-refractivity contribution in [2.24, 2.45) is 5.73 Å². The van der Waals surface area contributed by atoms with Gasteiger partial charge in [0.2, 0.25) is 0 Å². The summed E-state index contributed by atoms with van der Waals surface area (Å²) in [5.41, 5.74) is 8.24. The first-order valence-corrected chi connectivity index (χ1v) is 5.67. The fourth-order valence-electron chi connectivity index (χ4n) is 1.75. The zero-order chi connectivity index (χ0) is 13.0. The number of ether oxygens (including phenoxy) is 1. The highest BCUT2D eigenvalue weighted by Gasteiger charge is 2.16. The van der Waals surface area contributed by atoms with Gasteiger partial charge in [0.25, 0.3) is 0 Å². The van der Waals surface area contributed by atoms with Crippen molar-refractivity contribution in [1.82, 2.24) is 0 Å². The highest BCUT2D eigenvalue weighted by Crippen LogP contribution is 2.23. The van der Waals surface area contributed by atoms with Gasteiger partial charge in [0, 0.05) is 0 Å². The molecule has 1 aromatic rings. The van der Waals surface area contributed by atoms with Crippen molar-refractivity contribution in [3.8, 4) is 5.75 Å². The lowest BCUT2D eigenvalue weighted by Gasteiger charge is -2.12. The number of hydrogen-bond donors (Lipinski definition) is 2. The molecule has 0 saturated carbocycles. The van der Waals surface area contributed by atoms with Crippen LogP contribution in [0.25, 0.3) is 0 Å². The van der Waals surface area contributed by atoms with Gasteiger partial charge < -0.3 is 15.6 Å². The Bertz CT molecular complexity index is 392. The fraction of sp³-hybridized carbons (Fsp3) is 0.462. The molecule has 1 unspecified atom stereocenters. The molecule has 0 spiro atoms. The molecule has 0 radical (unpaired) electrons. The molecule has 4 nitrogen and oxygen atoms in total. The molecule has 17 heavy (non-hydrogen) atoms. The molecule has 1 atom stereocenters. The van der Waals surface area contributed by atoms with Gasteiger partial charge in [-0.3, -0.25) is 4.79 Å². The summed E-state index contributed by atoms with van der Waals surface area (Å²) < 4.78 is 4.85. The smallest absolute Gasteiger partial charge is 0.323 e. The third-order valence-corrected chi connectivity index (χ3v) is 2.60. The van der Waals surface area contributed by atoms with Crippen molar-refractivity contribution in [2.45, 2.75) is 33.2 Å². The number of benzene rings is 1. The summed E-state index contributed by atoms with van der Waals surface area (Å²) in [6, 6.07) is 3.02. The van der Waals surface area contributed by atoms with E-state index >= 15 is 0 Å². The van der Waals surface area contributed by atoms with Gasteiger partial charge in [-0.2, -0.15) is 0 Å². The first-order valence-electron chi connectivity index (χ1n) is 5.67. The molecular weight excluding hydrogens is 218 g/mol. The number of hydrogen-bond acceptors (Lipinski definition) is 4. The Labute approximate surface area is 101 Å². The molecule has 0 saturated heterocycles. The van der Waals surface area contributed by atoms with Gasteiger partial charge in [-0.15, -0.1) is 0 Å². The number of aromatic hydroxyl groups is 1. The molecule has 3 N–H and O–H groups in total. The van der Waals surface area contributed by atoms with Gasteiger partial charge in [0.05, 0.1) is 6.61 Å². The lowest BCUT2D eigenvalue weighted by Crippen LogP contribution is -2.34. The number of carbonyl (C=O) groups is 1. The summed E-state index contributed by atoms with van der Waals surface area (Å²) in [6.07, 6.45) is 0.417. The topological polar surface area (TPSA) is 72.5 Å². The van der Waals surface area contributed by atoms with E-state index in [1.807, 2.05) is 26.0 Å². The Hall–Kier alpha value is -1.55. The average molecular weight is 237 g/mol. The van der Waals surface area contributed by atoms with Crippen LogP contribution in [0.1, 0.15) is 23.6 Å². The Morgan fingerprint density at radius 3 is 2.41 bits per heavy atom. The first-order chi connectivity index (χ1) is 7.95. The molecule has 0 aliphatic heterocycles. The van der Waals surface area contributed by atoms with Crippen LogP contribution in [-0.2, 0) is 16.0 Å². The van der Waals surface area contributed by atoms with Crippen LogP contribution in [0, 0.1) is 13.8 Å². The van der Waals surface area contributed by atoms with E-state index in [1.54, 1.807) is 6.92 Å². The highest BCUT2D eigenvalue weighted by atomic mass is 16.5. The summed E-state index contributed by atoms with van der Waals surface area (Å²) >= 11 is 0. The standard InChI is InChI=1S/C13H19NO3/c1-4-17-13(16)11(14)7-10-5-8(2)12(15)9(3)6-10/h5-6,11,15H,4,7,14H2,1-3H3. The monoisotopic (exact) mass is 237 g/mol. The van der Waals surface area contributed by atoms with E-state index in [9.17, 15) is 9.90 Å². The predicted octanol–water partition coefficient (Wildman–Crippen LogP) is 1.44. The Morgan fingerprint density at radius 1 is 1.41 bits per heavy atom. The summed E-state index contributed by atoms with van der Waals surface area (Å²) in [7, 11) is 0. The van der Waals surface area contributed by atoms with Crippen molar-refractivity contribution < 1.29 is 14.6 Å². The van der Waals surface area contributed by atoms with Gasteiger partial charge in [0.1, 0.15) is 11.8 Å². The maximum Gasteiger partial charge on any atom is 0.323 e. The maximum atomic E-state index is 11.4. The van der Waals surface area contributed by atoms with E-state index in [4.69, 9.17) is 10.5 Å². The third kappa shape index (κ3) is 3.46. The van der Waals surface area contributed by atoms with E-state index in [-0.39, 0.29) is 0 Å². The largest absolute Gasteiger partial charge is 0.507 e. The molecular formula is C13H19NO3. The second-order valence-electron chi connectivity index (χ2n) is 4.14. The third-order valence-electron chi connectivity index (χ3n) is 2.60. The van der Waals surface area contributed by atoms with Crippen LogP contribution in [-0.4, -0.2) is 23.7 Å². The zero-order valence-electron chi connectivity index (χ0n) is 10.5. The second kappa shape index (κ2) is 5.68. The summed E-state index contributed by atoms with van der Waals surface area (Å²) in [6.45, 7) is 5.73. The Kier molecular flexibility index (Phi) is 4.52. The second-order valence-corrected chi connectivity index (χ2v) is 4.14. The SMILES string of the molecule is CCOC(=O)C(N)Cc1cc(C)c(O)c(C)c1. The van der Waals surface area contributed by atoms with E-state index in [0.29, 0.717) is 18.8 Å². The molecule has 0 aliphatic carbocycles. The van der Waals surface area contributed by atoms with Crippen LogP contribution in [0.15, 0.2) is 12.1 Å². The minimum Gasteiger partial charge on any atom is -0.507 e. The molecule has 0 aliphatic rings. The number of rotatable bonds is 4. The van der Waals surface area contributed by atoms with Crippen LogP contribution in [0.4, 0.5) is 0 Å². The maximum absolute atomic E-state index is 11.4. The quantitative estimate of drug-likeness (QED) is 0.777. The summed E-state index contributed by atoms with van der Waals surface area (Å²) in [5.74, 6) is -0.102. The van der Waals surface area contributed by atoms with Gasteiger partial charge in [-0.05, 0) is 43.9 Å². The van der Waals surface area contributed by atoms with E-state index < -0.39 is 12.0 Å². The predicted molar refractivity (Wildman–Crippen MR) is 65.9 cm³/mol. The van der Waals surface area contributed by atoms with E-state index in [1.165, 1.54) is 0 Å². The Morgan fingerprint density at radius 2 is 1.94 bits per heavy atom. The van der Waals surface area contributed by atoms with Gasteiger partial charge in [0.15, 0.2) is 0 Å². The molecule has 94 valence electrons. The summed E-state index contributed by atoms with van der Waals surface area (Å²) in [4.78, 5) is 11.4. The molecule has 0 amide bonds. The number of phenolic OH excluding ortho intramolecular Hbond substituents is 1. The van der Waals surface area contributed by atoms with Crippen LogP contribution in [0.2, 0.25) is 0 Å². The fourth-order valence-corrected chi connectivity index (χ4v) is 1.75. The number of nitrogens with two attached hydrogens (primary N) is 1. The van der Waals surface area contributed by atoms with Crippen molar-refractivity contribution in [2.75, 3.05) is 6.61 Å². The number of carbonyl (C=O) groups excluding carboxylic acids is 1. The van der Waals surface area contributed by atoms with Crippen molar-refractivity contribution in [3.63, 3.8) is 0 Å². The van der Waals surface area contributed by atoms with Crippen LogP contribution >= 0.6 is 0 Å². The molecule has 0 heterocycles. The van der Waals surface area contributed by atoms with Crippen LogP contribution < -0.4 is 5.73 Å². The molecule has 1 aromatic carbocycles. The molecule has 0 bridgehead atoms. The molecule has 0 aromatic heterocycles. The Balaban J connectivity index is 2.78. The summed E-state index contributed by atoms with van der Waals surface area (Å²) in [5, 5.41) is 9.64. The zero-order valence-corrected chi connectivity index (χ0v) is 10.5. The average Bonchev–Trinajstić information content (AvgIpc) is 2.26. The molecule has 4 heteroatoms. The first kappa shape index (κ1) is 13.5. The van der Waals surface area contributed by atoms with E-state index in [0.717, 1.165) is 16.7 Å². The molecule has 1 rings (SSSR count). The number of phenols is 1. The van der Waals surface area contributed by atoms with Crippen molar-refractivity contribution in [3.05, 3.63) is 28.8 Å². The lowest BCUT2D eigenvalue weighted by molar-refractivity contribution is -0.144. The molecule has 0 fully saturated rings. The normalized spacial score (nSPS) is 12.2. The van der Waals surface area contributed by atoms with E-state index in [2.05, 4.69) is 0 Å². The number of esters is 1. The minimum atomic E-state index is -0.654. The minimum absolute atomic E-state index is 0.290. The van der Waals surface area contributed by atoms with Crippen LogP contribution in [0.5, 0.6) is 5.75 Å². The van der Waals surface area contributed by atoms with Crippen molar-refractivity contribution >= 4 is 5.97 Å². The van der Waals surface area contributed by atoms with Gasteiger partial charge in [-0.25, -0.2) is 0 Å². The highest BCUT2D eigenvalue weighted by molar-refractivity contribution is 5.75. The van der Waals surface area contributed by atoms with Gasteiger partial charge in [-0.1, -0.05) is 12.1 Å². The van der Waals surface area contributed by atoms with Crippen molar-refractivity contribution in [1.29, 1.82) is 0 Å². The van der Waals surface area contributed by atoms with Crippen LogP contribution in [0.3, 0.4) is 0 Å². The number of aryl methyl sites for hydroxylation is 2.